The largest absolute Gasteiger partial charge is 0.416 e. The van der Waals surface area contributed by atoms with Gasteiger partial charge in [0.1, 0.15) is 0 Å². The van der Waals surface area contributed by atoms with E-state index in [0.29, 0.717) is 6.54 Å². The highest BCUT2D eigenvalue weighted by molar-refractivity contribution is 5.94. The first kappa shape index (κ1) is 25.6. The van der Waals surface area contributed by atoms with Gasteiger partial charge in [-0.3, -0.25) is 9.69 Å². The summed E-state index contributed by atoms with van der Waals surface area (Å²) >= 11 is 0. The molecule has 1 aliphatic rings. The second-order valence-corrected chi connectivity index (χ2v) is 9.15. The zero-order chi connectivity index (χ0) is 25.7. The Hall–Kier alpha value is -3.52. The predicted molar refractivity (Wildman–Crippen MR) is 138 cm³/mol. The number of piperazine rings is 1. The van der Waals surface area contributed by atoms with E-state index < -0.39 is 17.6 Å². The molecule has 190 valence electrons. The van der Waals surface area contributed by atoms with Gasteiger partial charge in [0, 0.05) is 63.8 Å². The molecule has 1 fully saturated rings. The van der Waals surface area contributed by atoms with E-state index in [4.69, 9.17) is 0 Å². The molecule has 3 aromatic carbocycles. The first-order valence-corrected chi connectivity index (χ1v) is 12.0. The summed E-state index contributed by atoms with van der Waals surface area (Å²) in [6, 6.07) is 22.9. The lowest BCUT2D eigenvalue weighted by Crippen LogP contribution is -2.50. The average molecular weight is 497 g/mol. The molecular formula is C28H31F3N4O. The summed E-state index contributed by atoms with van der Waals surface area (Å²) in [6.45, 7) is 3.58. The lowest BCUT2D eigenvalue weighted by atomic mass is 10.0. The smallest absolute Gasteiger partial charge is 0.378 e. The molecule has 3 aromatic rings. The van der Waals surface area contributed by atoms with Gasteiger partial charge in [0.25, 0.3) is 5.91 Å². The monoisotopic (exact) mass is 496 g/mol. The first-order valence-electron chi connectivity index (χ1n) is 12.0. The predicted octanol–water partition coefficient (Wildman–Crippen LogP) is 5.06. The number of carbonyl (C=O) groups is 1. The van der Waals surface area contributed by atoms with Crippen molar-refractivity contribution in [3.63, 3.8) is 0 Å². The van der Waals surface area contributed by atoms with Gasteiger partial charge in [-0.2, -0.15) is 13.2 Å². The van der Waals surface area contributed by atoms with Crippen LogP contribution in [0.25, 0.3) is 0 Å². The van der Waals surface area contributed by atoms with Crippen LogP contribution in [0.5, 0.6) is 0 Å². The maximum Gasteiger partial charge on any atom is 0.416 e. The second-order valence-electron chi connectivity index (χ2n) is 9.15. The highest BCUT2D eigenvalue weighted by Crippen LogP contribution is 2.30. The van der Waals surface area contributed by atoms with Crippen LogP contribution in [-0.2, 0) is 6.18 Å². The van der Waals surface area contributed by atoms with Crippen molar-refractivity contribution in [2.24, 2.45) is 0 Å². The summed E-state index contributed by atoms with van der Waals surface area (Å²) < 4.78 is 39.3. The van der Waals surface area contributed by atoms with Gasteiger partial charge in [0.05, 0.1) is 11.6 Å². The van der Waals surface area contributed by atoms with Crippen LogP contribution >= 0.6 is 0 Å². The van der Waals surface area contributed by atoms with Gasteiger partial charge in [0.2, 0.25) is 0 Å². The van der Waals surface area contributed by atoms with Gasteiger partial charge in [-0.1, -0.05) is 36.4 Å². The molecule has 1 atom stereocenters. The molecular weight excluding hydrogens is 465 g/mol. The Kier molecular flexibility index (Phi) is 7.84. The highest BCUT2D eigenvalue weighted by Gasteiger charge is 2.31. The number of nitrogens with zero attached hydrogens (tertiary/aromatic N) is 3. The number of carbonyl (C=O) groups excluding carboxylic acids is 1. The third-order valence-corrected chi connectivity index (χ3v) is 6.58. The molecule has 1 saturated heterocycles. The minimum absolute atomic E-state index is 0.000396. The number of amides is 1. The summed E-state index contributed by atoms with van der Waals surface area (Å²) in [4.78, 5) is 19.5. The molecule has 0 aliphatic carbocycles. The minimum atomic E-state index is -4.49. The molecule has 0 bridgehead atoms. The van der Waals surface area contributed by atoms with Crippen molar-refractivity contribution in [3.05, 3.63) is 95.6 Å². The van der Waals surface area contributed by atoms with Crippen LogP contribution in [0.4, 0.5) is 24.5 Å². The number of nitrogens with one attached hydrogen (secondary N) is 1. The summed E-state index contributed by atoms with van der Waals surface area (Å²) in [5.41, 5.74) is 2.47. The number of benzene rings is 3. The zero-order valence-electron chi connectivity index (χ0n) is 20.5. The van der Waals surface area contributed by atoms with Crippen molar-refractivity contribution in [1.29, 1.82) is 0 Å². The van der Waals surface area contributed by atoms with E-state index in [0.717, 1.165) is 49.6 Å². The van der Waals surface area contributed by atoms with E-state index in [1.54, 1.807) is 0 Å². The Morgan fingerprint density at radius 1 is 0.917 bits per heavy atom. The molecule has 0 unspecified atom stereocenters. The van der Waals surface area contributed by atoms with Gasteiger partial charge >= 0.3 is 6.18 Å². The van der Waals surface area contributed by atoms with Crippen LogP contribution in [0.3, 0.4) is 0 Å². The average Bonchev–Trinajstić information content (AvgIpc) is 2.89. The Balaban J connectivity index is 1.49. The number of alkyl halides is 3. The minimum Gasteiger partial charge on any atom is -0.378 e. The van der Waals surface area contributed by atoms with Gasteiger partial charge in [-0.15, -0.1) is 0 Å². The van der Waals surface area contributed by atoms with Crippen molar-refractivity contribution in [2.75, 3.05) is 56.6 Å². The van der Waals surface area contributed by atoms with E-state index >= 15 is 0 Å². The van der Waals surface area contributed by atoms with Crippen molar-refractivity contribution in [3.8, 4) is 0 Å². The highest BCUT2D eigenvalue weighted by atomic mass is 19.4. The molecule has 0 saturated carbocycles. The van der Waals surface area contributed by atoms with E-state index in [2.05, 4.69) is 39.4 Å². The Morgan fingerprint density at radius 2 is 1.58 bits per heavy atom. The second kappa shape index (κ2) is 11.0. The number of halogens is 3. The molecule has 1 N–H and O–H groups in total. The molecule has 8 heteroatoms. The van der Waals surface area contributed by atoms with Gasteiger partial charge in [-0.05, 0) is 48.0 Å². The fourth-order valence-electron chi connectivity index (χ4n) is 4.51. The van der Waals surface area contributed by atoms with Crippen LogP contribution in [0.2, 0.25) is 0 Å². The van der Waals surface area contributed by atoms with Crippen LogP contribution in [0.1, 0.15) is 27.5 Å². The number of hydrogen-bond donors (Lipinski definition) is 1. The fourth-order valence-corrected chi connectivity index (χ4v) is 4.51. The summed E-state index contributed by atoms with van der Waals surface area (Å²) in [5, 5.41) is 2.88. The third kappa shape index (κ3) is 6.18. The maximum absolute atomic E-state index is 13.1. The van der Waals surface area contributed by atoms with Gasteiger partial charge < -0.3 is 15.1 Å². The molecule has 1 aliphatic heterocycles. The lowest BCUT2D eigenvalue weighted by Gasteiger charge is -2.40. The Labute approximate surface area is 210 Å². The number of para-hydroxylation sites is 1. The van der Waals surface area contributed by atoms with Gasteiger partial charge in [-0.25, -0.2) is 0 Å². The molecule has 36 heavy (non-hydrogen) atoms. The molecule has 4 rings (SSSR count). The number of anilines is 2. The number of rotatable bonds is 7. The van der Waals surface area contributed by atoms with Crippen molar-refractivity contribution < 1.29 is 18.0 Å². The van der Waals surface area contributed by atoms with Crippen LogP contribution in [0, 0.1) is 0 Å². The lowest BCUT2D eigenvalue weighted by molar-refractivity contribution is -0.137. The molecule has 1 heterocycles. The maximum atomic E-state index is 13.1. The Morgan fingerprint density at radius 3 is 2.19 bits per heavy atom. The van der Waals surface area contributed by atoms with Crippen molar-refractivity contribution in [1.82, 2.24) is 10.2 Å². The summed E-state index contributed by atoms with van der Waals surface area (Å²) in [7, 11) is 3.95. The summed E-state index contributed by atoms with van der Waals surface area (Å²) in [5.74, 6) is -0.515. The zero-order valence-corrected chi connectivity index (χ0v) is 20.5. The quantitative estimate of drug-likeness (QED) is 0.496. The fraction of sp³-hybridized carbons (Fsp3) is 0.321. The first-order chi connectivity index (χ1) is 17.2. The van der Waals surface area contributed by atoms with Gasteiger partial charge in [0.15, 0.2) is 0 Å². The van der Waals surface area contributed by atoms with E-state index in [1.165, 1.54) is 17.8 Å². The SMILES string of the molecule is CN(C)c1ccc([C@H](CNC(=O)c2cccc(C(F)(F)F)c2)N2CCN(c3ccccc3)CC2)cc1. The Bertz CT molecular complexity index is 1140. The molecule has 0 aromatic heterocycles. The standard InChI is InChI=1S/C28H31F3N4O/c1-33(2)24-13-11-21(12-14-24)26(35-17-15-34(16-18-35)25-9-4-3-5-10-25)20-32-27(36)22-7-6-8-23(19-22)28(29,30)31/h3-14,19,26H,15-18,20H2,1-2H3,(H,32,36)/t26-/m0/s1. The third-order valence-electron chi connectivity index (χ3n) is 6.58. The number of hydrogen-bond acceptors (Lipinski definition) is 4. The van der Waals surface area contributed by atoms with Crippen LogP contribution in [0.15, 0.2) is 78.9 Å². The van der Waals surface area contributed by atoms with Crippen molar-refractivity contribution >= 4 is 17.3 Å². The topological polar surface area (TPSA) is 38.8 Å². The molecule has 5 nitrogen and oxygen atoms in total. The van der Waals surface area contributed by atoms with E-state index in [9.17, 15) is 18.0 Å². The summed E-state index contributed by atoms with van der Waals surface area (Å²) in [6.07, 6.45) is -4.49. The molecule has 0 radical (unpaired) electrons. The normalized spacial score (nSPS) is 15.4. The van der Waals surface area contributed by atoms with E-state index in [1.807, 2.05) is 49.3 Å². The van der Waals surface area contributed by atoms with E-state index in [-0.39, 0.29) is 11.6 Å². The van der Waals surface area contributed by atoms with Crippen molar-refractivity contribution in [2.45, 2.75) is 12.2 Å². The van der Waals surface area contributed by atoms with Crippen LogP contribution in [-0.4, -0.2) is 57.6 Å². The van der Waals surface area contributed by atoms with Crippen LogP contribution < -0.4 is 15.1 Å². The molecule has 0 spiro atoms. The molecule has 1 amide bonds.